The van der Waals surface area contributed by atoms with E-state index in [4.69, 9.17) is 0 Å². The van der Waals surface area contributed by atoms with Crippen LogP contribution in [-0.4, -0.2) is 117 Å². The van der Waals surface area contributed by atoms with E-state index in [0.717, 1.165) is 0 Å². The van der Waals surface area contributed by atoms with E-state index < -0.39 is 103 Å². The molecule has 7 atom stereocenters. The minimum Gasteiger partial charge on any atom is -0.481 e. The first kappa shape index (κ1) is 35.9. The van der Waals surface area contributed by atoms with Crippen molar-refractivity contribution >= 4 is 47.4 Å². The molecule has 2 aliphatic rings. The van der Waals surface area contributed by atoms with Crippen LogP contribution in [0.1, 0.15) is 66.2 Å². The fraction of sp³-hybridized carbons (Fsp3) is 0.704. The number of carbonyl (C=O) groups is 8. The number of aliphatic hydroxyl groups excluding tert-OH is 1. The van der Waals surface area contributed by atoms with Gasteiger partial charge < -0.3 is 46.8 Å². The van der Waals surface area contributed by atoms with E-state index in [-0.39, 0.29) is 31.7 Å². The van der Waals surface area contributed by atoms with E-state index in [1.54, 1.807) is 13.8 Å². The van der Waals surface area contributed by atoms with Crippen LogP contribution < -0.4 is 26.6 Å². The Hall–Kier alpha value is -4.28. The third-order valence-corrected chi connectivity index (χ3v) is 7.26. The monoisotopic (exact) mass is 626 g/mol. The molecule has 2 heterocycles. The first-order chi connectivity index (χ1) is 20.5. The molecular formula is C27H42N6O11. The Morgan fingerprint density at radius 1 is 0.795 bits per heavy atom. The quantitative estimate of drug-likeness (QED) is 0.136. The molecular weight excluding hydrogens is 584 g/mol. The Bertz CT molecular complexity index is 1140. The molecule has 2 saturated heterocycles. The molecule has 8 N–H and O–H groups in total. The summed E-state index contributed by atoms with van der Waals surface area (Å²) in [4.78, 5) is 104. The lowest BCUT2D eigenvalue weighted by Crippen LogP contribution is -2.62. The number of carboxylic acids is 2. The second-order valence-electron chi connectivity index (χ2n) is 11.5. The Labute approximate surface area is 253 Å². The van der Waals surface area contributed by atoms with Crippen LogP contribution in [0.15, 0.2) is 0 Å². The van der Waals surface area contributed by atoms with Crippen molar-refractivity contribution in [3.05, 3.63) is 0 Å². The van der Waals surface area contributed by atoms with Crippen molar-refractivity contribution in [1.29, 1.82) is 0 Å². The molecule has 0 bridgehead atoms. The summed E-state index contributed by atoms with van der Waals surface area (Å²) in [5.74, 6) is -8.27. The Morgan fingerprint density at radius 3 is 1.93 bits per heavy atom. The van der Waals surface area contributed by atoms with Gasteiger partial charge in [0.15, 0.2) is 0 Å². The van der Waals surface area contributed by atoms with Crippen molar-refractivity contribution in [1.82, 2.24) is 31.5 Å². The van der Waals surface area contributed by atoms with Crippen LogP contribution in [0.4, 0.5) is 0 Å². The zero-order chi connectivity index (χ0) is 33.3. The molecule has 17 heteroatoms. The smallest absolute Gasteiger partial charge is 0.305 e. The number of carbonyl (C=O) groups excluding carboxylic acids is 6. The number of nitrogens with zero attached hydrogens (tertiary/aromatic N) is 1. The van der Waals surface area contributed by atoms with Crippen LogP contribution in [0, 0.1) is 5.92 Å². The van der Waals surface area contributed by atoms with E-state index in [0.29, 0.717) is 6.42 Å². The predicted octanol–water partition coefficient (Wildman–Crippen LogP) is -2.80. The standard InChI is InChI=1S/C27H42N6O11/c1-12(2)10-16-23(40)31-17(11-20(37)38)24(41)32-21(14(4)34)26(43)28-13(3)27(44)33-9-5-6-18(33)25(42)29-15(22(39)30-16)7-8-19(35)36/h12-18,21,34H,5-11H2,1-4H3,(H,28,43)(H,29,42)(H,30,39)(H,31,40)(H,32,41)(H,35,36)(H,37,38)/t13-,14+,15-,16-,17-,18+,21-/m0/s1. The maximum atomic E-state index is 13.4. The zero-order valence-corrected chi connectivity index (χ0v) is 25.1. The van der Waals surface area contributed by atoms with Gasteiger partial charge in [0.2, 0.25) is 35.4 Å². The number of carboxylic acid groups (broad SMARTS) is 2. The molecule has 0 aromatic heterocycles. The molecule has 2 rings (SSSR count). The van der Waals surface area contributed by atoms with Gasteiger partial charge in [0, 0.05) is 13.0 Å². The molecule has 6 amide bonds. The molecule has 246 valence electrons. The largest absolute Gasteiger partial charge is 0.481 e. The highest BCUT2D eigenvalue weighted by Crippen LogP contribution is 2.19. The predicted molar refractivity (Wildman–Crippen MR) is 150 cm³/mol. The van der Waals surface area contributed by atoms with Crippen molar-refractivity contribution < 1.29 is 53.7 Å². The summed E-state index contributed by atoms with van der Waals surface area (Å²) in [5, 5.41) is 40.7. The third kappa shape index (κ3) is 10.2. The third-order valence-electron chi connectivity index (χ3n) is 7.26. The molecule has 44 heavy (non-hydrogen) atoms. The molecule has 2 aliphatic heterocycles. The molecule has 0 aromatic rings. The summed E-state index contributed by atoms with van der Waals surface area (Å²) in [7, 11) is 0. The van der Waals surface area contributed by atoms with E-state index in [1.165, 1.54) is 18.7 Å². The Kier molecular flexibility index (Phi) is 13.0. The molecule has 0 aliphatic carbocycles. The summed E-state index contributed by atoms with van der Waals surface area (Å²) >= 11 is 0. The fourth-order valence-corrected chi connectivity index (χ4v) is 5.01. The second kappa shape index (κ2) is 16.0. The van der Waals surface area contributed by atoms with Crippen molar-refractivity contribution in [3.63, 3.8) is 0 Å². The highest BCUT2D eigenvalue weighted by atomic mass is 16.4. The number of hydrogen-bond donors (Lipinski definition) is 8. The van der Waals surface area contributed by atoms with E-state index in [1.807, 2.05) is 0 Å². The van der Waals surface area contributed by atoms with Gasteiger partial charge in [-0.2, -0.15) is 0 Å². The molecule has 0 aromatic carbocycles. The topological polar surface area (TPSA) is 261 Å². The van der Waals surface area contributed by atoms with Crippen molar-refractivity contribution in [2.45, 2.75) is 109 Å². The lowest BCUT2D eigenvalue weighted by Gasteiger charge is -2.31. The van der Waals surface area contributed by atoms with E-state index >= 15 is 0 Å². The van der Waals surface area contributed by atoms with Crippen LogP contribution in [0.5, 0.6) is 0 Å². The summed E-state index contributed by atoms with van der Waals surface area (Å²) in [6.45, 7) is 6.12. The van der Waals surface area contributed by atoms with E-state index in [2.05, 4.69) is 26.6 Å². The van der Waals surface area contributed by atoms with Gasteiger partial charge in [-0.05, 0) is 45.4 Å². The Morgan fingerprint density at radius 2 is 1.36 bits per heavy atom. The van der Waals surface area contributed by atoms with E-state index in [9.17, 15) is 53.7 Å². The lowest BCUT2D eigenvalue weighted by atomic mass is 10.0. The number of amides is 6. The van der Waals surface area contributed by atoms with Gasteiger partial charge >= 0.3 is 11.9 Å². The zero-order valence-electron chi connectivity index (χ0n) is 25.1. The molecule has 17 nitrogen and oxygen atoms in total. The van der Waals surface area contributed by atoms with Gasteiger partial charge in [0.25, 0.3) is 0 Å². The molecule has 2 fully saturated rings. The maximum Gasteiger partial charge on any atom is 0.305 e. The van der Waals surface area contributed by atoms with Crippen LogP contribution in [0.25, 0.3) is 0 Å². The summed E-state index contributed by atoms with van der Waals surface area (Å²) < 4.78 is 0. The highest BCUT2D eigenvalue weighted by Gasteiger charge is 2.40. The molecule has 0 unspecified atom stereocenters. The fourth-order valence-electron chi connectivity index (χ4n) is 5.01. The SMILES string of the molecule is CC(C)C[C@@H]1NC(=O)[C@H](CCC(=O)O)NC(=O)[C@H]2CCCN2C(=O)[C@H](C)NC(=O)[C@H]([C@@H](C)O)NC(=O)[C@H](CC(=O)O)NC1=O. The second-order valence-corrected chi connectivity index (χ2v) is 11.5. The average Bonchev–Trinajstić information content (AvgIpc) is 3.41. The molecule has 0 spiro atoms. The number of rotatable bonds is 8. The van der Waals surface area contributed by atoms with Crippen LogP contribution in [0.3, 0.4) is 0 Å². The first-order valence-corrected chi connectivity index (χ1v) is 14.5. The number of aliphatic hydroxyl groups is 1. The van der Waals surface area contributed by atoms with Crippen molar-refractivity contribution in [3.8, 4) is 0 Å². The van der Waals surface area contributed by atoms with Gasteiger partial charge in [-0.15, -0.1) is 0 Å². The number of fused-ring (bicyclic) bond motifs is 1. The minimum atomic E-state index is -1.74. The Balaban J connectivity index is 2.56. The van der Waals surface area contributed by atoms with Crippen LogP contribution in [0.2, 0.25) is 0 Å². The van der Waals surface area contributed by atoms with Gasteiger partial charge in [-0.3, -0.25) is 38.4 Å². The number of nitrogens with one attached hydrogen (secondary N) is 5. The summed E-state index contributed by atoms with van der Waals surface area (Å²) in [5.41, 5.74) is 0. The van der Waals surface area contributed by atoms with Crippen molar-refractivity contribution in [2.75, 3.05) is 6.54 Å². The number of hydrogen-bond acceptors (Lipinski definition) is 9. The summed E-state index contributed by atoms with van der Waals surface area (Å²) in [6, 6.07) is -8.42. The van der Waals surface area contributed by atoms with Crippen LogP contribution in [-0.2, 0) is 38.4 Å². The first-order valence-electron chi connectivity index (χ1n) is 14.5. The van der Waals surface area contributed by atoms with Crippen molar-refractivity contribution in [2.24, 2.45) is 5.92 Å². The minimum absolute atomic E-state index is 0.0140. The summed E-state index contributed by atoms with van der Waals surface area (Å²) in [6.07, 6.45) is -2.63. The maximum absolute atomic E-state index is 13.4. The van der Waals surface area contributed by atoms with Gasteiger partial charge in [-0.25, -0.2) is 0 Å². The molecule has 0 saturated carbocycles. The van der Waals surface area contributed by atoms with Gasteiger partial charge in [-0.1, -0.05) is 13.8 Å². The van der Waals surface area contributed by atoms with Gasteiger partial charge in [0.1, 0.15) is 36.3 Å². The van der Waals surface area contributed by atoms with Crippen LogP contribution >= 0.6 is 0 Å². The normalized spacial score (nSPS) is 28.5. The molecule has 0 radical (unpaired) electrons. The number of aliphatic carboxylic acids is 2. The highest BCUT2D eigenvalue weighted by molar-refractivity contribution is 5.99. The lowest BCUT2D eigenvalue weighted by molar-refractivity contribution is -0.144. The average molecular weight is 627 g/mol. The van der Waals surface area contributed by atoms with Gasteiger partial charge in [0.05, 0.1) is 12.5 Å².